The third-order valence-electron chi connectivity index (χ3n) is 5.06. The standard InChI is InChI=1S/C21H31N/c1-16(12-14-22)19-9-5-8-18(15-19)10-11-20-17(2)7-6-13-21(20,3)4/h5,8-11,15-16H,6-7,12-14,22H2,1-4H3. The summed E-state index contributed by atoms with van der Waals surface area (Å²) in [5.41, 5.74) is 11.8. The van der Waals surface area contributed by atoms with Crippen LogP contribution in [0, 0.1) is 5.41 Å². The van der Waals surface area contributed by atoms with Crippen molar-refractivity contribution in [2.45, 2.75) is 59.3 Å². The van der Waals surface area contributed by atoms with Gasteiger partial charge >= 0.3 is 0 Å². The molecule has 1 heteroatoms. The molecule has 0 heterocycles. The lowest BCUT2D eigenvalue weighted by Crippen LogP contribution is -2.18. The van der Waals surface area contributed by atoms with Crippen LogP contribution < -0.4 is 5.73 Å². The van der Waals surface area contributed by atoms with Crippen LogP contribution >= 0.6 is 0 Å². The Hall–Kier alpha value is -1.34. The van der Waals surface area contributed by atoms with Gasteiger partial charge in [-0.2, -0.15) is 0 Å². The van der Waals surface area contributed by atoms with Crippen molar-refractivity contribution in [3.63, 3.8) is 0 Å². The van der Waals surface area contributed by atoms with Gasteiger partial charge in [0.05, 0.1) is 0 Å². The summed E-state index contributed by atoms with van der Waals surface area (Å²) in [5.74, 6) is 0.533. The molecule has 0 saturated carbocycles. The van der Waals surface area contributed by atoms with Crippen LogP contribution in [0.1, 0.15) is 70.4 Å². The molecule has 120 valence electrons. The zero-order valence-corrected chi connectivity index (χ0v) is 14.7. The zero-order valence-electron chi connectivity index (χ0n) is 14.7. The second-order valence-electron chi connectivity index (χ2n) is 7.41. The van der Waals surface area contributed by atoms with Gasteiger partial charge in [-0.25, -0.2) is 0 Å². The van der Waals surface area contributed by atoms with Gasteiger partial charge in [0, 0.05) is 0 Å². The van der Waals surface area contributed by atoms with E-state index in [0.717, 1.165) is 13.0 Å². The summed E-state index contributed by atoms with van der Waals surface area (Å²) in [6, 6.07) is 8.88. The molecule has 0 amide bonds. The first-order valence-electron chi connectivity index (χ1n) is 8.62. The first-order valence-corrected chi connectivity index (χ1v) is 8.62. The Morgan fingerprint density at radius 1 is 1.27 bits per heavy atom. The quantitative estimate of drug-likeness (QED) is 0.743. The van der Waals surface area contributed by atoms with Gasteiger partial charge in [-0.3, -0.25) is 0 Å². The highest BCUT2D eigenvalue weighted by Gasteiger charge is 2.26. The van der Waals surface area contributed by atoms with Crippen LogP contribution in [0.3, 0.4) is 0 Å². The first kappa shape index (κ1) is 17.0. The van der Waals surface area contributed by atoms with Crippen LogP contribution in [-0.2, 0) is 0 Å². The van der Waals surface area contributed by atoms with E-state index in [4.69, 9.17) is 5.73 Å². The second kappa shape index (κ2) is 7.28. The number of allylic oxidation sites excluding steroid dienone is 3. The Bertz CT molecular complexity index is 563. The highest BCUT2D eigenvalue weighted by Crippen LogP contribution is 2.41. The fourth-order valence-electron chi connectivity index (χ4n) is 3.58. The Morgan fingerprint density at radius 2 is 2.05 bits per heavy atom. The summed E-state index contributed by atoms with van der Waals surface area (Å²) in [6.07, 6.45) is 9.53. The summed E-state index contributed by atoms with van der Waals surface area (Å²) >= 11 is 0. The number of hydrogen-bond acceptors (Lipinski definition) is 1. The van der Waals surface area contributed by atoms with Crippen molar-refractivity contribution in [1.29, 1.82) is 0 Å². The molecule has 1 atom stereocenters. The molecule has 0 aromatic heterocycles. The van der Waals surface area contributed by atoms with E-state index >= 15 is 0 Å². The molecule has 1 unspecified atom stereocenters. The normalized spacial score (nSPS) is 19.7. The minimum Gasteiger partial charge on any atom is -0.330 e. The summed E-state index contributed by atoms with van der Waals surface area (Å²) in [6.45, 7) is 10.0. The number of nitrogens with two attached hydrogens (primary N) is 1. The summed E-state index contributed by atoms with van der Waals surface area (Å²) < 4.78 is 0. The van der Waals surface area contributed by atoms with Crippen molar-refractivity contribution in [3.05, 3.63) is 52.6 Å². The molecule has 1 nitrogen and oxygen atoms in total. The largest absolute Gasteiger partial charge is 0.330 e. The van der Waals surface area contributed by atoms with Crippen molar-refractivity contribution < 1.29 is 0 Å². The lowest BCUT2D eigenvalue weighted by molar-refractivity contribution is 0.377. The van der Waals surface area contributed by atoms with E-state index in [2.05, 4.69) is 64.1 Å². The van der Waals surface area contributed by atoms with Gasteiger partial charge in [0.1, 0.15) is 0 Å². The van der Waals surface area contributed by atoms with Gasteiger partial charge in [-0.15, -0.1) is 0 Å². The topological polar surface area (TPSA) is 26.0 Å². The zero-order chi connectivity index (χ0) is 16.2. The van der Waals surface area contributed by atoms with Gasteiger partial charge in [-0.05, 0) is 67.2 Å². The van der Waals surface area contributed by atoms with E-state index in [1.807, 2.05) is 0 Å². The van der Waals surface area contributed by atoms with Crippen molar-refractivity contribution in [2.24, 2.45) is 11.1 Å². The molecule has 2 rings (SSSR count). The number of benzene rings is 1. The van der Waals surface area contributed by atoms with Crippen molar-refractivity contribution in [1.82, 2.24) is 0 Å². The fraction of sp³-hybridized carbons (Fsp3) is 0.524. The molecule has 0 radical (unpaired) electrons. The Morgan fingerprint density at radius 3 is 2.73 bits per heavy atom. The van der Waals surface area contributed by atoms with Crippen molar-refractivity contribution >= 4 is 6.08 Å². The maximum atomic E-state index is 5.69. The van der Waals surface area contributed by atoms with Crippen LogP contribution in [0.2, 0.25) is 0 Å². The number of rotatable bonds is 5. The molecule has 1 aliphatic rings. The second-order valence-corrected chi connectivity index (χ2v) is 7.41. The highest BCUT2D eigenvalue weighted by atomic mass is 14.5. The van der Waals surface area contributed by atoms with E-state index in [1.165, 1.54) is 36.0 Å². The average Bonchev–Trinajstić information content (AvgIpc) is 2.46. The lowest BCUT2D eigenvalue weighted by Gasteiger charge is -2.32. The van der Waals surface area contributed by atoms with Gasteiger partial charge < -0.3 is 5.73 Å². The van der Waals surface area contributed by atoms with Gasteiger partial charge in [0.25, 0.3) is 0 Å². The molecule has 1 aliphatic carbocycles. The van der Waals surface area contributed by atoms with E-state index in [1.54, 1.807) is 5.57 Å². The summed E-state index contributed by atoms with van der Waals surface area (Å²) in [4.78, 5) is 0. The first-order chi connectivity index (χ1) is 10.4. The highest BCUT2D eigenvalue weighted by molar-refractivity contribution is 5.55. The lowest BCUT2D eigenvalue weighted by atomic mass is 9.72. The average molecular weight is 297 g/mol. The minimum absolute atomic E-state index is 0.309. The molecule has 1 aromatic rings. The Kier molecular flexibility index (Phi) is 5.63. The van der Waals surface area contributed by atoms with E-state index in [-0.39, 0.29) is 0 Å². The summed E-state index contributed by atoms with van der Waals surface area (Å²) in [5, 5.41) is 0. The van der Waals surface area contributed by atoms with Crippen molar-refractivity contribution in [3.8, 4) is 0 Å². The third-order valence-corrected chi connectivity index (χ3v) is 5.06. The smallest absolute Gasteiger partial charge is 0.00715 e. The molecule has 0 spiro atoms. The molecular formula is C21H31N. The molecule has 22 heavy (non-hydrogen) atoms. The Balaban J connectivity index is 2.21. The third kappa shape index (κ3) is 4.10. The predicted molar refractivity (Wildman–Crippen MR) is 97.9 cm³/mol. The predicted octanol–water partition coefficient (Wildman–Crippen LogP) is 5.68. The van der Waals surface area contributed by atoms with Gasteiger partial charge in [-0.1, -0.05) is 62.8 Å². The SMILES string of the molecule is CC1=C(C=Cc2cccc(C(C)CCN)c2)C(C)(C)CCC1. The maximum Gasteiger partial charge on any atom is -0.00715 e. The van der Waals surface area contributed by atoms with E-state index in [0.29, 0.717) is 11.3 Å². The van der Waals surface area contributed by atoms with Gasteiger partial charge in [0.15, 0.2) is 0 Å². The Labute approximate surface area is 136 Å². The van der Waals surface area contributed by atoms with Crippen LogP contribution in [0.4, 0.5) is 0 Å². The van der Waals surface area contributed by atoms with Crippen LogP contribution in [0.15, 0.2) is 41.5 Å². The maximum absolute atomic E-state index is 5.69. The molecule has 1 aromatic carbocycles. The molecule has 0 aliphatic heterocycles. The number of hydrogen-bond donors (Lipinski definition) is 1. The minimum atomic E-state index is 0.309. The molecule has 0 fully saturated rings. The van der Waals surface area contributed by atoms with Gasteiger partial charge in [0.2, 0.25) is 0 Å². The summed E-state index contributed by atoms with van der Waals surface area (Å²) in [7, 11) is 0. The van der Waals surface area contributed by atoms with Crippen LogP contribution in [-0.4, -0.2) is 6.54 Å². The molecule has 0 bridgehead atoms. The van der Waals surface area contributed by atoms with Crippen molar-refractivity contribution in [2.75, 3.05) is 6.54 Å². The van der Waals surface area contributed by atoms with E-state index in [9.17, 15) is 0 Å². The van der Waals surface area contributed by atoms with E-state index < -0.39 is 0 Å². The monoisotopic (exact) mass is 297 g/mol. The van der Waals surface area contributed by atoms with Crippen LogP contribution in [0.25, 0.3) is 6.08 Å². The molecule has 2 N–H and O–H groups in total. The fourth-order valence-corrected chi connectivity index (χ4v) is 3.58. The van der Waals surface area contributed by atoms with Crippen LogP contribution in [0.5, 0.6) is 0 Å². The molecular weight excluding hydrogens is 266 g/mol. The molecule has 0 saturated heterocycles.